The first-order chi connectivity index (χ1) is 7.80. The van der Waals surface area contributed by atoms with Gasteiger partial charge in [0.2, 0.25) is 9.47 Å². The first-order valence-electron chi connectivity index (χ1n) is 4.52. The predicted molar refractivity (Wildman–Crippen MR) is 63.6 cm³/mol. The molecule has 1 rings (SSSR count). The molecule has 17 heavy (non-hydrogen) atoms. The van der Waals surface area contributed by atoms with Crippen LogP contribution in [0.1, 0.15) is 0 Å². The van der Waals surface area contributed by atoms with E-state index in [1.807, 2.05) is 0 Å². The van der Waals surface area contributed by atoms with Gasteiger partial charge in [0.25, 0.3) is 10.0 Å². The molecule has 1 heterocycles. The minimum atomic E-state index is -3.60. The molecule has 0 aliphatic heterocycles. The van der Waals surface area contributed by atoms with Crippen molar-refractivity contribution in [2.24, 2.45) is 0 Å². The van der Waals surface area contributed by atoms with E-state index in [-0.39, 0.29) is 9.47 Å². The van der Waals surface area contributed by atoms with Crippen molar-refractivity contribution in [1.82, 2.24) is 19.8 Å². The van der Waals surface area contributed by atoms with E-state index < -0.39 is 16.1 Å². The molecule has 1 aromatic rings. The molecule has 0 bridgehead atoms. The second kappa shape index (κ2) is 4.94. The maximum Gasteiger partial charge on any atom is 0.323 e. The van der Waals surface area contributed by atoms with Crippen molar-refractivity contribution in [3.8, 4) is 0 Å². The van der Waals surface area contributed by atoms with Crippen molar-refractivity contribution >= 4 is 32.5 Å². The van der Waals surface area contributed by atoms with Crippen LogP contribution in [0.2, 0.25) is 0 Å². The highest BCUT2D eigenvalue weighted by molar-refractivity contribution is 7.91. The van der Waals surface area contributed by atoms with Crippen molar-refractivity contribution in [2.45, 2.75) is 4.34 Å². The van der Waals surface area contributed by atoms with E-state index in [4.69, 9.17) is 0 Å². The molecule has 8 nitrogen and oxygen atoms in total. The Kier molecular flexibility index (Phi) is 4.01. The largest absolute Gasteiger partial charge is 0.341 e. The zero-order chi connectivity index (χ0) is 13.2. The molecule has 0 saturated heterocycles. The van der Waals surface area contributed by atoms with Crippen LogP contribution in [0.3, 0.4) is 0 Å². The zero-order valence-corrected chi connectivity index (χ0v) is 11.5. The Bertz CT molecular complexity index is 509. The quantitative estimate of drug-likeness (QED) is 0.757. The number of carbonyl (C=O) groups excluding carboxylic acids is 1. The van der Waals surface area contributed by atoms with Crippen LogP contribution in [0, 0.1) is 0 Å². The number of carbonyl (C=O) groups is 1. The average Bonchev–Trinajstić information content (AvgIpc) is 2.76. The van der Waals surface area contributed by atoms with Gasteiger partial charge in [-0.25, -0.2) is 17.5 Å². The van der Waals surface area contributed by atoms with Crippen LogP contribution in [0.4, 0.5) is 9.93 Å². The molecule has 0 saturated carbocycles. The summed E-state index contributed by atoms with van der Waals surface area (Å²) in [5.74, 6) is 0. The summed E-state index contributed by atoms with van der Waals surface area (Å²) >= 11 is 0.833. The number of amides is 2. The van der Waals surface area contributed by atoms with E-state index in [1.165, 1.54) is 33.1 Å². The van der Waals surface area contributed by atoms with Crippen LogP contribution in [0.15, 0.2) is 4.34 Å². The summed E-state index contributed by atoms with van der Waals surface area (Å²) in [6, 6.07) is -0.394. The van der Waals surface area contributed by atoms with Crippen LogP contribution in [-0.2, 0) is 10.0 Å². The summed E-state index contributed by atoms with van der Waals surface area (Å²) in [6.45, 7) is 0. The van der Waals surface area contributed by atoms with Crippen molar-refractivity contribution < 1.29 is 13.2 Å². The number of aromatic nitrogens is 2. The lowest BCUT2D eigenvalue weighted by molar-refractivity contribution is 0.249. The van der Waals surface area contributed by atoms with E-state index in [0.717, 1.165) is 15.6 Å². The Balaban J connectivity index is 3.05. The lowest BCUT2D eigenvalue weighted by Gasteiger charge is -2.11. The Morgan fingerprint density at radius 3 is 2.35 bits per heavy atom. The molecule has 0 radical (unpaired) electrons. The highest BCUT2D eigenvalue weighted by Gasteiger charge is 2.24. The summed E-state index contributed by atoms with van der Waals surface area (Å²) in [6.07, 6.45) is 0. The minimum Gasteiger partial charge on any atom is -0.341 e. The first kappa shape index (κ1) is 13.8. The molecule has 1 aromatic heterocycles. The van der Waals surface area contributed by atoms with Gasteiger partial charge in [-0.05, 0) is 0 Å². The fourth-order valence-corrected chi connectivity index (χ4v) is 2.94. The van der Waals surface area contributed by atoms with E-state index >= 15 is 0 Å². The van der Waals surface area contributed by atoms with Gasteiger partial charge in [0.05, 0.1) is 0 Å². The number of urea groups is 1. The minimum absolute atomic E-state index is 0.145. The van der Waals surface area contributed by atoms with Gasteiger partial charge in [-0.3, -0.25) is 4.90 Å². The standard InChI is InChI=1S/C7H13N5O3S2/c1-8-5(13)12(4)6-9-10-7(16-6)17(14,15)11(2)3/h1-4H3,(H,8,13). The molecule has 0 aliphatic carbocycles. The van der Waals surface area contributed by atoms with Crippen LogP contribution < -0.4 is 10.2 Å². The normalized spacial score (nSPS) is 11.6. The van der Waals surface area contributed by atoms with Gasteiger partial charge >= 0.3 is 6.03 Å². The lowest BCUT2D eigenvalue weighted by atomic mass is 10.8. The molecule has 0 unspecified atom stereocenters. The lowest BCUT2D eigenvalue weighted by Crippen LogP contribution is -2.34. The average molecular weight is 279 g/mol. The first-order valence-corrected chi connectivity index (χ1v) is 6.78. The van der Waals surface area contributed by atoms with Gasteiger partial charge in [0.15, 0.2) is 0 Å². The van der Waals surface area contributed by atoms with Gasteiger partial charge in [-0.15, -0.1) is 10.2 Å². The number of hydrogen-bond donors (Lipinski definition) is 1. The Morgan fingerprint density at radius 2 is 1.88 bits per heavy atom. The van der Waals surface area contributed by atoms with Gasteiger partial charge < -0.3 is 5.32 Å². The van der Waals surface area contributed by atoms with E-state index in [0.29, 0.717) is 0 Å². The predicted octanol–water partition coefficient (Wildman–Crippen LogP) is -0.436. The number of nitrogens with one attached hydrogen (secondary N) is 1. The van der Waals surface area contributed by atoms with Crippen molar-refractivity contribution in [3.05, 3.63) is 0 Å². The number of hydrogen-bond acceptors (Lipinski definition) is 6. The molecule has 0 aliphatic rings. The summed E-state index contributed by atoms with van der Waals surface area (Å²) in [7, 11) is 2.15. The van der Waals surface area contributed by atoms with Gasteiger partial charge in [0, 0.05) is 28.2 Å². The molecular weight excluding hydrogens is 266 g/mol. The topological polar surface area (TPSA) is 95.5 Å². The molecule has 96 valence electrons. The molecule has 0 aromatic carbocycles. The van der Waals surface area contributed by atoms with Crippen LogP contribution in [0.5, 0.6) is 0 Å². The molecule has 0 spiro atoms. The van der Waals surface area contributed by atoms with Gasteiger partial charge in [-0.1, -0.05) is 11.3 Å². The van der Waals surface area contributed by atoms with Crippen molar-refractivity contribution in [2.75, 3.05) is 33.1 Å². The number of nitrogens with zero attached hydrogens (tertiary/aromatic N) is 4. The zero-order valence-electron chi connectivity index (χ0n) is 9.83. The molecule has 1 N–H and O–H groups in total. The Hall–Kier alpha value is -1.26. The second-order valence-corrected chi connectivity index (χ2v) is 6.53. The maximum atomic E-state index is 11.7. The number of sulfonamides is 1. The summed E-state index contributed by atoms with van der Waals surface area (Å²) in [4.78, 5) is 12.5. The monoisotopic (exact) mass is 279 g/mol. The highest BCUT2D eigenvalue weighted by atomic mass is 32.2. The summed E-state index contributed by atoms with van der Waals surface area (Å²) in [5.41, 5.74) is 0. The number of rotatable bonds is 3. The highest BCUT2D eigenvalue weighted by Crippen LogP contribution is 2.24. The van der Waals surface area contributed by atoms with E-state index in [9.17, 15) is 13.2 Å². The fourth-order valence-electron chi connectivity index (χ4n) is 0.853. The Labute approximate surface area is 103 Å². The third-order valence-electron chi connectivity index (χ3n) is 1.90. The second-order valence-electron chi connectivity index (χ2n) is 3.25. The van der Waals surface area contributed by atoms with Gasteiger partial charge in [0.1, 0.15) is 0 Å². The molecular formula is C7H13N5O3S2. The summed E-state index contributed by atoms with van der Waals surface area (Å²) < 4.78 is 24.3. The SMILES string of the molecule is CNC(=O)N(C)c1nnc(S(=O)(=O)N(C)C)s1. The molecule has 2 amide bonds. The van der Waals surface area contributed by atoms with Crippen LogP contribution >= 0.6 is 11.3 Å². The van der Waals surface area contributed by atoms with E-state index in [1.54, 1.807) is 0 Å². The Morgan fingerprint density at radius 1 is 1.29 bits per heavy atom. The summed E-state index contributed by atoms with van der Waals surface area (Å²) in [5, 5.41) is 9.84. The van der Waals surface area contributed by atoms with Crippen LogP contribution in [-0.4, -0.2) is 57.1 Å². The van der Waals surface area contributed by atoms with Crippen molar-refractivity contribution in [3.63, 3.8) is 0 Å². The molecule has 10 heteroatoms. The molecule has 0 fully saturated rings. The third-order valence-corrected chi connectivity index (χ3v) is 5.06. The third kappa shape index (κ3) is 2.70. The molecule has 0 atom stereocenters. The van der Waals surface area contributed by atoms with E-state index in [2.05, 4.69) is 15.5 Å². The van der Waals surface area contributed by atoms with Crippen LogP contribution in [0.25, 0.3) is 0 Å². The van der Waals surface area contributed by atoms with Crippen molar-refractivity contribution in [1.29, 1.82) is 0 Å². The fraction of sp³-hybridized carbons (Fsp3) is 0.571. The van der Waals surface area contributed by atoms with Gasteiger partial charge in [-0.2, -0.15) is 0 Å². The number of anilines is 1. The maximum absolute atomic E-state index is 11.7. The smallest absolute Gasteiger partial charge is 0.323 e.